The summed E-state index contributed by atoms with van der Waals surface area (Å²) in [4.78, 5) is 18.1. The zero-order valence-electron chi connectivity index (χ0n) is 15.8. The SMILES string of the molecule is CCOC(=O)Cc1csc(SC[C@@H]2CN[C@@H](c3ccc(N(C)C)cc3)O2)n1. The number of hydrogen-bond donors (Lipinski definition) is 1. The summed E-state index contributed by atoms with van der Waals surface area (Å²) in [5.74, 6) is 0.594. The van der Waals surface area contributed by atoms with Gasteiger partial charge in [-0.2, -0.15) is 0 Å². The van der Waals surface area contributed by atoms with Gasteiger partial charge in [-0.25, -0.2) is 4.98 Å². The first-order chi connectivity index (χ1) is 13.0. The van der Waals surface area contributed by atoms with E-state index in [1.807, 2.05) is 19.5 Å². The number of anilines is 1. The minimum atomic E-state index is -0.231. The Hall–Kier alpha value is -1.61. The van der Waals surface area contributed by atoms with E-state index in [0.29, 0.717) is 6.61 Å². The number of hydrogen-bond acceptors (Lipinski definition) is 8. The van der Waals surface area contributed by atoms with Crippen LogP contribution in [-0.2, 0) is 20.7 Å². The highest BCUT2D eigenvalue weighted by molar-refractivity contribution is 8.01. The van der Waals surface area contributed by atoms with Gasteiger partial charge in [0.25, 0.3) is 0 Å². The number of carbonyl (C=O) groups excluding carboxylic acids is 1. The van der Waals surface area contributed by atoms with Crippen LogP contribution < -0.4 is 10.2 Å². The average Bonchev–Trinajstić information content (AvgIpc) is 3.29. The number of nitrogens with one attached hydrogen (secondary N) is 1. The second kappa shape index (κ2) is 9.54. The number of esters is 1. The Labute approximate surface area is 168 Å². The molecule has 2 atom stereocenters. The summed E-state index contributed by atoms with van der Waals surface area (Å²) in [5, 5.41) is 5.34. The highest BCUT2D eigenvalue weighted by Crippen LogP contribution is 2.29. The van der Waals surface area contributed by atoms with E-state index in [1.165, 1.54) is 5.69 Å². The average molecular weight is 408 g/mol. The van der Waals surface area contributed by atoms with E-state index in [4.69, 9.17) is 9.47 Å². The van der Waals surface area contributed by atoms with Crippen LogP contribution in [0, 0.1) is 0 Å². The molecule has 2 heterocycles. The molecule has 1 aromatic heterocycles. The van der Waals surface area contributed by atoms with Crippen molar-refractivity contribution in [3.8, 4) is 0 Å². The summed E-state index contributed by atoms with van der Waals surface area (Å²) in [5.41, 5.74) is 3.08. The van der Waals surface area contributed by atoms with Crippen molar-refractivity contribution in [1.29, 1.82) is 0 Å². The second-order valence-electron chi connectivity index (χ2n) is 6.43. The van der Waals surface area contributed by atoms with Crippen LogP contribution in [0.1, 0.15) is 24.4 Å². The van der Waals surface area contributed by atoms with Crippen LogP contribution in [0.4, 0.5) is 5.69 Å². The molecule has 27 heavy (non-hydrogen) atoms. The van der Waals surface area contributed by atoms with Gasteiger partial charge in [0.05, 0.1) is 24.8 Å². The molecule has 0 unspecified atom stereocenters. The zero-order chi connectivity index (χ0) is 19.2. The maximum Gasteiger partial charge on any atom is 0.311 e. The predicted octanol–water partition coefficient (Wildman–Crippen LogP) is 3.09. The van der Waals surface area contributed by atoms with Crippen molar-refractivity contribution in [2.75, 3.05) is 37.9 Å². The Morgan fingerprint density at radius 3 is 2.89 bits per heavy atom. The lowest BCUT2D eigenvalue weighted by atomic mass is 10.2. The third-order valence-electron chi connectivity index (χ3n) is 4.13. The summed E-state index contributed by atoms with van der Waals surface area (Å²) in [6.07, 6.45) is 0.297. The smallest absolute Gasteiger partial charge is 0.311 e. The quantitative estimate of drug-likeness (QED) is 0.533. The third kappa shape index (κ3) is 5.68. The Kier molecular flexibility index (Phi) is 7.12. The molecule has 1 saturated heterocycles. The normalized spacial score (nSPS) is 19.2. The van der Waals surface area contributed by atoms with Crippen molar-refractivity contribution < 1.29 is 14.3 Å². The van der Waals surface area contributed by atoms with Crippen molar-refractivity contribution in [1.82, 2.24) is 10.3 Å². The van der Waals surface area contributed by atoms with E-state index in [1.54, 1.807) is 30.0 Å². The Bertz CT molecular complexity index is 749. The topological polar surface area (TPSA) is 63.7 Å². The van der Waals surface area contributed by atoms with Gasteiger partial charge in [0.2, 0.25) is 0 Å². The lowest BCUT2D eigenvalue weighted by Crippen LogP contribution is -2.16. The van der Waals surface area contributed by atoms with Gasteiger partial charge >= 0.3 is 5.97 Å². The van der Waals surface area contributed by atoms with E-state index >= 15 is 0 Å². The zero-order valence-corrected chi connectivity index (χ0v) is 17.4. The highest BCUT2D eigenvalue weighted by atomic mass is 32.2. The van der Waals surface area contributed by atoms with Crippen molar-refractivity contribution in [3.63, 3.8) is 0 Å². The van der Waals surface area contributed by atoms with Crippen molar-refractivity contribution in [2.45, 2.75) is 30.0 Å². The maximum atomic E-state index is 11.5. The molecular weight excluding hydrogens is 382 g/mol. The lowest BCUT2D eigenvalue weighted by Gasteiger charge is -2.16. The van der Waals surface area contributed by atoms with Gasteiger partial charge in [-0.05, 0) is 24.6 Å². The molecule has 1 aromatic carbocycles. The fourth-order valence-electron chi connectivity index (χ4n) is 2.73. The van der Waals surface area contributed by atoms with Crippen molar-refractivity contribution >= 4 is 34.8 Å². The predicted molar refractivity (Wildman–Crippen MR) is 110 cm³/mol. The first kappa shape index (κ1) is 20.1. The van der Waals surface area contributed by atoms with E-state index < -0.39 is 0 Å². The summed E-state index contributed by atoms with van der Waals surface area (Å²) in [6, 6.07) is 8.40. The standard InChI is InChI=1S/C19H25N3O3S2/c1-4-24-17(23)9-14-11-26-19(21-14)27-12-16-10-20-18(25-16)13-5-7-15(8-6-13)22(2)3/h5-8,11,16,18,20H,4,9-10,12H2,1-3H3/t16-,18+/m0/s1. The Balaban J connectivity index is 1.46. The molecule has 0 aliphatic carbocycles. The highest BCUT2D eigenvalue weighted by Gasteiger charge is 2.26. The van der Waals surface area contributed by atoms with E-state index in [-0.39, 0.29) is 24.7 Å². The van der Waals surface area contributed by atoms with Gasteiger partial charge in [0.1, 0.15) is 10.6 Å². The molecule has 1 aliphatic rings. The molecule has 0 amide bonds. The first-order valence-corrected chi connectivity index (χ1v) is 10.8. The van der Waals surface area contributed by atoms with Crippen molar-refractivity contribution in [3.05, 3.63) is 40.9 Å². The molecule has 1 fully saturated rings. The number of rotatable bonds is 8. The van der Waals surface area contributed by atoms with Gasteiger partial charge < -0.3 is 14.4 Å². The lowest BCUT2D eigenvalue weighted by molar-refractivity contribution is -0.142. The number of aromatic nitrogens is 1. The summed E-state index contributed by atoms with van der Waals surface area (Å²) in [7, 11) is 4.06. The summed E-state index contributed by atoms with van der Waals surface area (Å²) >= 11 is 3.22. The molecular formula is C19H25N3O3S2. The molecule has 0 spiro atoms. The van der Waals surface area contributed by atoms with Crippen LogP contribution in [-0.4, -0.2) is 50.1 Å². The molecule has 3 rings (SSSR count). The van der Waals surface area contributed by atoms with Crippen molar-refractivity contribution in [2.24, 2.45) is 0 Å². The van der Waals surface area contributed by atoms with Crippen LogP contribution in [0.15, 0.2) is 34.0 Å². The van der Waals surface area contributed by atoms with E-state index in [9.17, 15) is 4.79 Å². The number of nitrogens with zero attached hydrogens (tertiary/aromatic N) is 2. The molecule has 146 valence electrons. The Morgan fingerprint density at radius 2 is 2.19 bits per heavy atom. The number of benzene rings is 1. The Morgan fingerprint density at radius 1 is 1.41 bits per heavy atom. The summed E-state index contributed by atoms with van der Waals surface area (Å²) < 4.78 is 12.0. The third-order valence-corrected chi connectivity index (χ3v) is 6.33. The van der Waals surface area contributed by atoms with Crippen LogP contribution in [0.5, 0.6) is 0 Å². The molecule has 2 aromatic rings. The fourth-order valence-corrected chi connectivity index (χ4v) is 4.60. The number of carbonyl (C=O) groups is 1. The molecule has 0 bridgehead atoms. The van der Waals surface area contributed by atoms with Gasteiger partial charge in [-0.15, -0.1) is 11.3 Å². The number of thiazole rings is 1. The van der Waals surface area contributed by atoms with Gasteiger partial charge in [0.15, 0.2) is 0 Å². The van der Waals surface area contributed by atoms with Crippen LogP contribution >= 0.6 is 23.1 Å². The molecule has 6 nitrogen and oxygen atoms in total. The monoisotopic (exact) mass is 407 g/mol. The van der Waals surface area contributed by atoms with Gasteiger partial charge in [-0.3, -0.25) is 10.1 Å². The minimum Gasteiger partial charge on any atom is -0.466 e. The molecule has 0 saturated carbocycles. The van der Waals surface area contributed by atoms with Gasteiger partial charge in [0, 0.05) is 37.5 Å². The van der Waals surface area contributed by atoms with Gasteiger partial charge in [-0.1, -0.05) is 23.9 Å². The molecule has 1 N–H and O–H groups in total. The molecule has 1 aliphatic heterocycles. The molecule has 8 heteroatoms. The van der Waals surface area contributed by atoms with E-state index in [0.717, 1.165) is 27.9 Å². The first-order valence-electron chi connectivity index (χ1n) is 8.94. The number of ether oxygens (including phenoxy) is 2. The van der Waals surface area contributed by atoms with Crippen LogP contribution in [0.25, 0.3) is 0 Å². The number of thioether (sulfide) groups is 1. The largest absolute Gasteiger partial charge is 0.466 e. The molecule has 0 radical (unpaired) electrons. The minimum absolute atomic E-state index is 0.0671. The van der Waals surface area contributed by atoms with E-state index in [2.05, 4.69) is 39.5 Å². The van der Waals surface area contributed by atoms with Crippen LogP contribution in [0.2, 0.25) is 0 Å². The fraction of sp³-hybridized carbons (Fsp3) is 0.474. The maximum absolute atomic E-state index is 11.5. The second-order valence-corrected chi connectivity index (χ2v) is 8.56. The van der Waals surface area contributed by atoms with Crippen LogP contribution in [0.3, 0.4) is 0 Å². The summed E-state index contributed by atoms with van der Waals surface area (Å²) in [6.45, 7) is 3.02.